The van der Waals surface area contributed by atoms with Gasteiger partial charge in [0, 0.05) is 6.07 Å². The Balaban J connectivity index is 2.13. The molecule has 7 nitrogen and oxygen atoms in total. The van der Waals surface area contributed by atoms with Crippen molar-refractivity contribution < 1.29 is 19.1 Å². The normalized spacial score (nSPS) is 17.8. The lowest BCUT2D eigenvalue weighted by Crippen LogP contribution is -2.39. The molecule has 1 aliphatic heterocycles. The van der Waals surface area contributed by atoms with Crippen molar-refractivity contribution in [3.8, 4) is 11.5 Å². The van der Waals surface area contributed by atoms with Crippen molar-refractivity contribution in [2.45, 2.75) is 12.5 Å². The van der Waals surface area contributed by atoms with Gasteiger partial charge in [0.05, 0.1) is 26.3 Å². The highest BCUT2D eigenvalue weighted by Gasteiger charge is 2.28. The Hall–Kier alpha value is -2.28. The van der Waals surface area contributed by atoms with Gasteiger partial charge in [-0.05, 0) is 12.1 Å². The van der Waals surface area contributed by atoms with Gasteiger partial charge in [0.2, 0.25) is 11.8 Å². The maximum atomic E-state index is 12.0. The van der Waals surface area contributed by atoms with Gasteiger partial charge in [-0.15, -0.1) is 0 Å². The van der Waals surface area contributed by atoms with Crippen LogP contribution in [0.4, 0.5) is 5.69 Å². The Bertz CT molecular complexity index is 504. The molecule has 1 aromatic rings. The van der Waals surface area contributed by atoms with E-state index in [4.69, 9.17) is 9.47 Å². The van der Waals surface area contributed by atoms with E-state index in [1.165, 1.54) is 14.2 Å². The van der Waals surface area contributed by atoms with Crippen molar-refractivity contribution in [2.24, 2.45) is 0 Å². The van der Waals surface area contributed by atoms with Gasteiger partial charge in [-0.3, -0.25) is 15.0 Å². The molecule has 19 heavy (non-hydrogen) atoms. The molecule has 0 aliphatic carbocycles. The molecule has 0 spiro atoms. The SMILES string of the molecule is COc1ccc(OC)c(NC(=O)C2CC(=O)NN2)c1. The van der Waals surface area contributed by atoms with Gasteiger partial charge in [-0.25, -0.2) is 5.43 Å². The number of amides is 2. The first kappa shape index (κ1) is 13.2. The molecule has 7 heteroatoms. The molecule has 1 aromatic carbocycles. The molecule has 1 aliphatic rings. The number of ether oxygens (including phenoxy) is 2. The van der Waals surface area contributed by atoms with Gasteiger partial charge in [-0.2, -0.15) is 0 Å². The third-order valence-corrected chi connectivity index (χ3v) is 2.76. The van der Waals surface area contributed by atoms with Crippen LogP contribution in [0.25, 0.3) is 0 Å². The monoisotopic (exact) mass is 265 g/mol. The van der Waals surface area contributed by atoms with Crippen LogP contribution in [-0.2, 0) is 9.59 Å². The van der Waals surface area contributed by atoms with Crippen molar-refractivity contribution in [3.63, 3.8) is 0 Å². The number of nitrogens with one attached hydrogen (secondary N) is 3. The predicted octanol–water partition coefficient (Wildman–Crippen LogP) is 0.0354. The highest BCUT2D eigenvalue weighted by molar-refractivity contribution is 6.00. The van der Waals surface area contributed by atoms with E-state index >= 15 is 0 Å². The number of rotatable bonds is 4. The van der Waals surface area contributed by atoms with Gasteiger partial charge in [0.25, 0.3) is 0 Å². The third kappa shape index (κ3) is 2.94. The summed E-state index contributed by atoms with van der Waals surface area (Å²) in [6, 6.07) is 4.48. The van der Waals surface area contributed by atoms with Gasteiger partial charge in [0.15, 0.2) is 0 Å². The Labute approximate surface area is 110 Å². The molecule has 0 radical (unpaired) electrons. The molecule has 3 N–H and O–H groups in total. The first-order valence-electron chi connectivity index (χ1n) is 5.71. The minimum absolute atomic E-state index is 0.109. The van der Waals surface area contributed by atoms with E-state index in [0.717, 1.165) is 0 Å². The molecule has 102 valence electrons. The van der Waals surface area contributed by atoms with Crippen molar-refractivity contribution in [2.75, 3.05) is 19.5 Å². The van der Waals surface area contributed by atoms with Gasteiger partial charge < -0.3 is 14.8 Å². The second-order valence-corrected chi connectivity index (χ2v) is 4.00. The third-order valence-electron chi connectivity index (χ3n) is 2.76. The second kappa shape index (κ2) is 5.57. The van der Waals surface area contributed by atoms with E-state index in [2.05, 4.69) is 16.2 Å². The van der Waals surface area contributed by atoms with E-state index in [9.17, 15) is 9.59 Å². The molecule has 1 heterocycles. The quantitative estimate of drug-likeness (QED) is 0.715. The van der Waals surface area contributed by atoms with Crippen LogP contribution in [-0.4, -0.2) is 32.1 Å². The van der Waals surface area contributed by atoms with Crippen LogP contribution in [0.3, 0.4) is 0 Å². The summed E-state index contributed by atoms with van der Waals surface area (Å²) in [5.74, 6) is 0.596. The van der Waals surface area contributed by atoms with Crippen LogP contribution in [0, 0.1) is 0 Å². The van der Waals surface area contributed by atoms with Crippen molar-refractivity contribution in [1.29, 1.82) is 0 Å². The molecule has 1 unspecified atom stereocenters. The fourth-order valence-electron chi connectivity index (χ4n) is 1.74. The maximum Gasteiger partial charge on any atom is 0.243 e. The number of hydrogen-bond acceptors (Lipinski definition) is 5. The summed E-state index contributed by atoms with van der Waals surface area (Å²) in [6.45, 7) is 0. The summed E-state index contributed by atoms with van der Waals surface area (Å²) < 4.78 is 10.2. The Kier molecular flexibility index (Phi) is 3.86. The highest BCUT2D eigenvalue weighted by atomic mass is 16.5. The van der Waals surface area contributed by atoms with E-state index in [1.54, 1.807) is 18.2 Å². The second-order valence-electron chi connectivity index (χ2n) is 4.00. The molecule has 0 aromatic heterocycles. The van der Waals surface area contributed by atoms with Gasteiger partial charge in [-0.1, -0.05) is 0 Å². The zero-order chi connectivity index (χ0) is 13.8. The fourth-order valence-corrected chi connectivity index (χ4v) is 1.74. The fraction of sp³-hybridized carbons (Fsp3) is 0.333. The van der Waals surface area contributed by atoms with E-state index < -0.39 is 6.04 Å². The minimum Gasteiger partial charge on any atom is -0.497 e. The molecule has 1 saturated heterocycles. The van der Waals surface area contributed by atoms with Gasteiger partial charge >= 0.3 is 0 Å². The molecule has 1 atom stereocenters. The summed E-state index contributed by atoms with van der Waals surface area (Å²) in [5, 5.41) is 2.70. The first-order valence-corrected chi connectivity index (χ1v) is 5.71. The molecule has 0 bridgehead atoms. The van der Waals surface area contributed by atoms with Crippen molar-refractivity contribution in [3.05, 3.63) is 18.2 Å². The summed E-state index contributed by atoms with van der Waals surface area (Å²) >= 11 is 0. The number of hydrazine groups is 1. The summed E-state index contributed by atoms with van der Waals surface area (Å²) in [5.41, 5.74) is 5.48. The largest absolute Gasteiger partial charge is 0.497 e. The highest BCUT2D eigenvalue weighted by Crippen LogP contribution is 2.29. The maximum absolute atomic E-state index is 12.0. The summed E-state index contributed by atoms with van der Waals surface area (Å²) in [4.78, 5) is 23.0. The molecule has 1 fully saturated rings. The van der Waals surface area contributed by atoms with Crippen LogP contribution in [0.1, 0.15) is 6.42 Å². The molecule has 0 saturated carbocycles. The number of benzene rings is 1. The number of methoxy groups -OCH3 is 2. The van der Waals surface area contributed by atoms with Crippen molar-refractivity contribution in [1.82, 2.24) is 10.9 Å². The Morgan fingerprint density at radius 2 is 2.16 bits per heavy atom. The zero-order valence-electron chi connectivity index (χ0n) is 10.6. The van der Waals surface area contributed by atoms with Crippen LogP contribution < -0.4 is 25.6 Å². The van der Waals surface area contributed by atoms with Gasteiger partial charge in [0.1, 0.15) is 17.5 Å². The smallest absolute Gasteiger partial charge is 0.243 e. The molecular formula is C12H15N3O4. The predicted molar refractivity (Wildman–Crippen MR) is 67.9 cm³/mol. The zero-order valence-corrected chi connectivity index (χ0v) is 10.6. The standard InChI is InChI=1S/C12H15N3O4/c1-18-7-3-4-10(19-2)8(5-7)13-12(17)9-6-11(16)15-14-9/h3-5,9,14H,6H2,1-2H3,(H,13,17)(H,15,16). The summed E-state index contributed by atoms with van der Waals surface area (Å²) in [6.07, 6.45) is 0.109. The lowest BCUT2D eigenvalue weighted by atomic mass is 10.2. The Morgan fingerprint density at radius 3 is 2.74 bits per heavy atom. The number of anilines is 1. The van der Waals surface area contributed by atoms with Crippen LogP contribution in [0.2, 0.25) is 0 Å². The number of carbonyl (C=O) groups excluding carboxylic acids is 2. The van der Waals surface area contributed by atoms with Crippen LogP contribution in [0.15, 0.2) is 18.2 Å². The number of hydrogen-bond donors (Lipinski definition) is 3. The van der Waals surface area contributed by atoms with Crippen LogP contribution >= 0.6 is 0 Å². The average molecular weight is 265 g/mol. The summed E-state index contributed by atoms with van der Waals surface area (Å²) in [7, 11) is 3.05. The first-order chi connectivity index (χ1) is 9.13. The topological polar surface area (TPSA) is 88.7 Å². The van der Waals surface area contributed by atoms with E-state index in [1.807, 2.05) is 0 Å². The lowest BCUT2D eigenvalue weighted by Gasteiger charge is -2.13. The molecule has 2 amide bonds. The van der Waals surface area contributed by atoms with Crippen molar-refractivity contribution >= 4 is 17.5 Å². The van der Waals surface area contributed by atoms with Crippen LogP contribution in [0.5, 0.6) is 11.5 Å². The van der Waals surface area contributed by atoms with E-state index in [-0.39, 0.29) is 18.2 Å². The van der Waals surface area contributed by atoms with E-state index in [0.29, 0.717) is 17.2 Å². The minimum atomic E-state index is -0.594. The molecular weight excluding hydrogens is 250 g/mol. The Morgan fingerprint density at radius 1 is 1.37 bits per heavy atom. The lowest BCUT2D eigenvalue weighted by molar-refractivity contribution is -0.121. The number of carbonyl (C=O) groups is 2. The average Bonchev–Trinajstić information content (AvgIpc) is 2.85. The molecule has 2 rings (SSSR count).